The molecule has 2 aromatic carbocycles. The van der Waals surface area contributed by atoms with Crippen LogP contribution in [0.2, 0.25) is 0 Å². The van der Waals surface area contributed by atoms with E-state index in [1.165, 1.54) is 6.21 Å². The van der Waals surface area contributed by atoms with Crippen LogP contribution in [-0.2, 0) is 14.4 Å². The minimum absolute atomic E-state index is 0.228. The van der Waals surface area contributed by atoms with Crippen molar-refractivity contribution >= 4 is 29.6 Å². The third kappa shape index (κ3) is 7.27. The molecule has 0 heterocycles. The van der Waals surface area contributed by atoms with Crippen LogP contribution in [0.15, 0.2) is 53.6 Å². The Hall–Kier alpha value is -3.88. The average Bonchev–Trinajstić information content (AvgIpc) is 2.76. The van der Waals surface area contributed by atoms with E-state index in [2.05, 4.69) is 21.2 Å². The molecular formula is C21H24N4O5. The molecule has 30 heavy (non-hydrogen) atoms. The number of nitrogens with one attached hydrogen (secondary N) is 3. The van der Waals surface area contributed by atoms with Crippen LogP contribution in [0.3, 0.4) is 0 Å². The first-order valence-corrected chi connectivity index (χ1v) is 9.30. The van der Waals surface area contributed by atoms with Gasteiger partial charge in [0.1, 0.15) is 11.5 Å². The molecule has 9 nitrogen and oxygen atoms in total. The Balaban J connectivity index is 1.90. The highest BCUT2D eigenvalue weighted by molar-refractivity contribution is 6.35. The van der Waals surface area contributed by atoms with E-state index >= 15 is 0 Å². The first-order valence-electron chi connectivity index (χ1n) is 9.30. The van der Waals surface area contributed by atoms with Crippen LogP contribution in [-0.4, -0.2) is 44.2 Å². The number of methoxy groups -OCH3 is 1. The SMILES string of the molecule is CCCNC(=O)C(=O)N/N=C\c1ccccc1OCC(=O)Nc1cccc(OC)c1. The van der Waals surface area contributed by atoms with E-state index in [4.69, 9.17) is 9.47 Å². The fourth-order valence-corrected chi connectivity index (χ4v) is 2.29. The summed E-state index contributed by atoms with van der Waals surface area (Å²) in [5, 5.41) is 8.93. The van der Waals surface area contributed by atoms with Gasteiger partial charge in [-0.1, -0.05) is 25.1 Å². The summed E-state index contributed by atoms with van der Waals surface area (Å²) in [6, 6.07) is 13.8. The summed E-state index contributed by atoms with van der Waals surface area (Å²) in [6.07, 6.45) is 2.05. The molecule has 0 atom stereocenters. The monoisotopic (exact) mass is 412 g/mol. The van der Waals surface area contributed by atoms with Gasteiger partial charge in [0.15, 0.2) is 6.61 Å². The normalized spacial score (nSPS) is 10.3. The highest BCUT2D eigenvalue weighted by Gasteiger charge is 2.11. The highest BCUT2D eigenvalue weighted by atomic mass is 16.5. The summed E-state index contributed by atoms with van der Waals surface area (Å²) in [5.74, 6) is -0.952. The van der Waals surface area contributed by atoms with Crippen LogP contribution in [0.25, 0.3) is 0 Å². The van der Waals surface area contributed by atoms with E-state index in [9.17, 15) is 14.4 Å². The Morgan fingerprint density at radius 3 is 2.63 bits per heavy atom. The number of para-hydroxylation sites is 1. The van der Waals surface area contributed by atoms with Gasteiger partial charge in [0.25, 0.3) is 5.91 Å². The molecule has 0 radical (unpaired) electrons. The van der Waals surface area contributed by atoms with Crippen molar-refractivity contribution in [3.05, 3.63) is 54.1 Å². The van der Waals surface area contributed by atoms with Gasteiger partial charge in [-0.25, -0.2) is 5.43 Å². The zero-order valence-electron chi connectivity index (χ0n) is 16.8. The van der Waals surface area contributed by atoms with Crippen molar-refractivity contribution in [2.24, 2.45) is 5.10 Å². The maximum atomic E-state index is 12.1. The summed E-state index contributed by atoms with van der Waals surface area (Å²) in [4.78, 5) is 35.3. The van der Waals surface area contributed by atoms with E-state index in [-0.39, 0.29) is 12.5 Å². The van der Waals surface area contributed by atoms with Gasteiger partial charge in [0.05, 0.1) is 13.3 Å². The minimum Gasteiger partial charge on any atom is -0.497 e. The number of amides is 3. The number of nitrogens with zero attached hydrogens (tertiary/aromatic N) is 1. The van der Waals surface area contributed by atoms with Crippen LogP contribution < -0.4 is 25.5 Å². The quantitative estimate of drug-likeness (QED) is 0.329. The Morgan fingerprint density at radius 2 is 1.87 bits per heavy atom. The number of hydrazone groups is 1. The van der Waals surface area contributed by atoms with Gasteiger partial charge in [-0.15, -0.1) is 0 Å². The lowest BCUT2D eigenvalue weighted by Crippen LogP contribution is -2.38. The van der Waals surface area contributed by atoms with Gasteiger partial charge in [-0.2, -0.15) is 5.10 Å². The fourth-order valence-electron chi connectivity index (χ4n) is 2.29. The number of hydrogen-bond donors (Lipinski definition) is 3. The van der Waals surface area contributed by atoms with Crippen molar-refractivity contribution < 1.29 is 23.9 Å². The maximum Gasteiger partial charge on any atom is 0.329 e. The number of ether oxygens (including phenoxy) is 2. The molecule has 0 saturated heterocycles. The molecule has 9 heteroatoms. The Bertz CT molecular complexity index is 914. The van der Waals surface area contributed by atoms with Gasteiger partial charge in [-0.05, 0) is 30.7 Å². The molecule has 0 aliphatic rings. The van der Waals surface area contributed by atoms with Gasteiger partial charge in [-0.3, -0.25) is 14.4 Å². The average molecular weight is 412 g/mol. The first-order chi connectivity index (χ1) is 14.5. The Morgan fingerprint density at radius 1 is 1.07 bits per heavy atom. The van der Waals surface area contributed by atoms with E-state index in [0.717, 1.165) is 6.42 Å². The lowest BCUT2D eigenvalue weighted by atomic mass is 10.2. The zero-order valence-corrected chi connectivity index (χ0v) is 16.8. The fraction of sp³-hybridized carbons (Fsp3) is 0.238. The first kappa shape index (κ1) is 22.4. The summed E-state index contributed by atoms with van der Waals surface area (Å²) < 4.78 is 10.7. The second-order valence-electron chi connectivity index (χ2n) is 6.06. The van der Waals surface area contributed by atoms with E-state index < -0.39 is 11.8 Å². The zero-order chi connectivity index (χ0) is 21.8. The van der Waals surface area contributed by atoms with Gasteiger partial charge in [0.2, 0.25) is 0 Å². The standard InChI is InChI=1S/C21H24N4O5/c1-3-11-22-20(27)21(28)25-23-13-15-7-4-5-10-18(15)30-14-19(26)24-16-8-6-9-17(12-16)29-2/h4-10,12-13H,3,11,14H2,1-2H3,(H,22,27)(H,24,26)(H,25,28)/b23-13-. The van der Waals surface area contributed by atoms with Crippen molar-refractivity contribution in [2.45, 2.75) is 13.3 Å². The maximum absolute atomic E-state index is 12.1. The predicted molar refractivity (Wildman–Crippen MR) is 113 cm³/mol. The van der Waals surface area contributed by atoms with Crippen molar-refractivity contribution in [1.82, 2.24) is 10.7 Å². The molecule has 0 unspecified atom stereocenters. The van der Waals surface area contributed by atoms with E-state index in [0.29, 0.717) is 29.3 Å². The largest absolute Gasteiger partial charge is 0.497 e. The van der Waals surface area contributed by atoms with E-state index in [1.54, 1.807) is 55.6 Å². The molecule has 3 N–H and O–H groups in total. The second kappa shape index (κ2) is 11.8. The van der Waals surface area contributed by atoms with Crippen LogP contribution in [0.4, 0.5) is 5.69 Å². The lowest BCUT2D eigenvalue weighted by Gasteiger charge is -2.10. The second-order valence-corrected chi connectivity index (χ2v) is 6.06. The molecule has 158 valence electrons. The summed E-state index contributed by atoms with van der Waals surface area (Å²) in [6.45, 7) is 2.06. The molecule has 0 aliphatic heterocycles. The summed E-state index contributed by atoms with van der Waals surface area (Å²) in [7, 11) is 1.54. The third-order valence-corrected chi connectivity index (χ3v) is 3.74. The van der Waals surface area contributed by atoms with Gasteiger partial charge < -0.3 is 20.1 Å². The van der Waals surface area contributed by atoms with Gasteiger partial charge in [0, 0.05) is 23.9 Å². The molecule has 0 fully saturated rings. The smallest absolute Gasteiger partial charge is 0.329 e. The number of carbonyl (C=O) groups is 3. The molecule has 3 amide bonds. The van der Waals surface area contributed by atoms with Crippen LogP contribution in [0.1, 0.15) is 18.9 Å². The molecule has 0 aliphatic carbocycles. The summed E-state index contributed by atoms with van der Waals surface area (Å²) >= 11 is 0. The Kier molecular flexibility index (Phi) is 8.85. The van der Waals surface area contributed by atoms with Crippen molar-refractivity contribution in [2.75, 3.05) is 25.6 Å². The van der Waals surface area contributed by atoms with E-state index in [1.807, 2.05) is 6.92 Å². The number of rotatable bonds is 9. The molecule has 0 aromatic heterocycles. The van der Waals surface area contributed by atoms with Crippen LogP contribution >= 0.6 is 0 Å². The third-order valence-electron chi connectivity index (χ3n) is 3.74. The summed E-state index contributed by atoms with van der Waals surface area (Å²) in [5.41, 5.74) is 3.26. The highest BCUT2D eigenvalue weighted by Crippen LogP contribution is 2.18. The Labute approximate surface area is 174 Å². The number of hydrogen-bond acceptors (Lipinski definition) is 6. The molecule has 2 aromatic rings. The minimum atomic E-state index is -0.865. The molecule has 2 rings (SSSR count). The molecule has 0 bridgehead atoms. The number of anilines is 1. The topological polar surface area (TPSA) is 118 Å². The van der Waals surface area contributed by atoms with Crippen molar-refractivity contribution in [1.29, 1.82) is 0 Å². The molecule has 0 spiro atoms. The molecule has 0 saturated carbocycles. The van der Waals surface area contributed by atoms with Crippen LogP contribution in [0, 0.1) is 0 Å². The van der Waals surface area contributed by atoms with Crippen LogP contribution in [0.5, 0.6) is 11.5 Å². The lowest BCUT2D eigenvalue weighted by molar-refractivity contribution is -0.139. The van der Waals surface area contributed by atoms with Crippen molar-refractivity contribution in [3.63, 3.8) is 0 Å². The number of carbonyl (C=O) groups excluding carboxylic acids is 3. The molecular weight excluding hydrogens is 388 g/mol. The predicted octanol–water partition coefficient (Wildman–Crippen LogP) is 1.69. The number of benzene rings is 2. The van der Waals surface area contributed by atoms with Gasteiger partial charge >= 0.3 is 11.8 Å². The van der Waals surface area contributed by atoms with Crippen molar-refractivity contribution in [3.8, 4) is 11.5 Å².